The van der Waals surface area contributed by atoms with E-state index in [4.69, 9.17) is 28.4 Å². The molecule has 6 atom stereocenters. The molecule has 14 nitrogen and oxygen atoms in total. The van der Waals surface area contributed by atoms with Crippen molar-refractivity contribution >= 4 is 35.7 Å². The number of methoxy groups -OCH3 is 1. The van der Waals surface area contributed by atoms with Crippen molar-refractivity contribution in [3.05, 3.63) is 96.1 Å². The highest BCUT2D eigenvalue weighted by Gasteiger charge is 2.59. The van der Waals surface area contributed by atoms with Crippen LogP contribution in [0, 0.1) is 0 Å². The Labute approximate surface area is 307 Å². The van der Waals surface area contributed by atoms with E-state index in [0.29, 0.717) is 11.1 Å². The third-order valence-electron chi connectivity index (χ3n) is 8.29. The van der Waals surface area contributed by atoms with E-state index < -0.39 is 78.4 Å². The highest BCUT2D eigenvalue weighted by atomic mass is 16.7. The fourth-order valence-corrected chi connectivity index (χ4v) is 6.06. The molecular formula is C39H44N2O12. The van der Waals surface area contributed by atoms with Crippen LogP contribution < -0.4 is 10.6 Å². The Hall–Kier alpha value is -5.60. The van der Waals surface area contributed by atoms with Gasteiger partial charge < -0.3 is 39.1 Å². The van der Waals surface area contributed by atoms with Crippen LogP contribution in [0.5, 0.6) is 0 Å². The first-order chi connectivity index (χ1) is 25.3. The number of nitrogens with one attached hydrogen (secondary N) is 2. The summed E-state index contributed by atoms with van der Waals surface area (Å²) in [6.45, 7) is 3.98. The standard InChI is InChI=1S/C39H44N2O12/c1-24(42)41-35-32(50-25(2)43)21-39(38(47)48-5,49-23-29-12-8-6-9-13-29)53-37(35)36(52-27(4)45)33(51-26(3)44)22-40-34(46)20-28-16-18-31(19-17-28)30-14-10-7-11-15-30/h6-19,32-33,35-37H,20-23H2,1-5H3,(H,40,46)(H,41,42)/t32-,33+,35+,36+,37+,39+/m0/s1. The third kappa shape index (κ3) is 11.4. The predicted molar refractivity (Wildman–Crippen MR) is 188 cm³/mol. The molecule has 0 aliphatic carbocycles. The Morgan fingerprint density at radius 1 is 0.774 bits per heavy atom. The first kappa shape index (κ1) is 40.2. The Morgan fingerprint density at radius 3 is 1.94 bits per heavy atom. The van der Waals surface area contributed by atoms with Crippen LogP contribution in [0.3, 0.4) is 0 Å². The molecule has 1 aliphatic rings. The summed E-state index contributed by atoms with van der Waals surface area (Å²) in [7, 11) is 1.10. The van der Waals surface area contributed by atoms with E-state index in [2.05, 4.69) is 10.6 Å². The van der Waals surface area contributed by atoms with Gasteiger partial charge in [0.05, 0.1) is 39.1 Å². The largest absolute Gasteiger partial charge is 0.465 e. The Morgan fingerprint density at radius 2 is 1.38 bits per heavy atom. The first-order valence-electron chi connectivity index (χ1n) is 16.9. The van der Waals surface area contributed by atoms with Crippen LogP contribution in [-0.2, 0) is 70.2 Å². The highest BCUT2D eigenvalue weighted by Crippen LogP contribution is 2.37. The molecule has 53 heavy (non-hydrogen) atoms. The number of rotatable bonds is 15. The molecule has 0 spiro atoms. The van der Waals surface area contributed by atoms with Crippen LogP contribution in [-0.4, -0.2) is 85.6 Å². The molecule has 0 unspecified atom stereocenters. The smallest absolute Gasteiger partial charge is 0.366 e. The van der Waals surface area contributed by atoms with Gasteiger partial charge in [0.2, 0.25) is 11.8 Å². The fourth-order valence-electron chi connectivity index (χ4n) is 6.06. The summed E-state index contributed by atoms with van der Waals surface area (Å²) in [6.07, 6.45) is -6.43. The number of amides is 2. The zero-order valence-electron chi connectivity index (χ0n) is 30.2. The molecule has 4 rings (SSSR count). The SMILES string of the molecule is COC(=O)[C@@]1(OCc2ccccc2)C[C@H](OC(C)=O)[C@@H](NC(C)=O)[C@H]([C@H](OC(C)=O)[C@@H](CNC(=O)Cc2ccc(-c3ccccc3)cc2)OC(C)=O)O1. The van der Waals surface area contributed by atoms with Crippen LogP contribution in [0.15, 0.2) is 84.9 Å². The third-order valence-corrected chi connectivity index (χ3v) is 8.29. The molecule has 0 aromatic heterocycles. The van der Waals surface area contributed by atoms with E-state index in [1.165, 1.54) is 6.92 Å². The number of carbonyl (C=O) groups is 6. The minimum absolute atomic E-state index is 0.0398. The Balaban J connectivity index is 1.67. The van der Waals surface area contributed by atoms with Crippen molar-refractivity contribution in [2.75, 3.05) is 13.7 Å². The van der Waals surface area contributed by atoms with Gasteiger partial charge in [-0.05, 0) is 22.3 Å². The topological polar surface area (TPSA) is 182 Å². The van der Waals surface area contributed by atoms with Crippen LogP contribution >= 0.6 is 0 Å². The van der Waals surface area contributed by atoms with Gasteiger partial charge in [0.1, 0.15) is 12.2 Å². The van der Waals surface area contributed by atoms with Crippen LogP contribution in [0.2, 0.25) is 0 Å². The molecule has 0 bridgehead atoms. The van der Waals surface area contributed by atoms with Gasteiger partial charge in [-0.1, -0.05) is 84.9 Å². The predicted octanol–water partition coefficient (Wildman–Crippen LogP) is 3.19. The van der Waals surface area contributed by atoms with E-state index in [-0.39, 0.29) is 19.6 Å². The number of hydrogen-bond donors (Lipinski definition) is 2. The van der Waals surface area contributed by atoms with Gasteiger partial charge in [0.25, 0.3) is 5.79 Å². The lowest BCUT2D eigenvalue weighted by Gasteiger charge is -2.48. The molecule has 0 saturated carbocycles. The molecule has 1 heterocycles. The van der Waals surface area contributed by atoms with Gasteiger partial charge in [-0.25, -0.2) is 4.79 Å². The fraction of sp³-hybridized carbons (Fsp3) is 0.385. The second kappa shape index (κ2) is 18.8. The summed E-state index contributed by atoms with van der Waals surface area (Å²) in [5.74, 6) is -6.77. The average molecular weight is 733 g/mol. The molecule has 282 valence electrons. The summed E-state index contributed by atoms with van der Waals surface area (Å²) in [5.41, 5.74) is 3.34. The molecular weight excluding hydrogens is 688 g/mol. The molecule has 1 aliphatic heterocycles. The second-order valence-corrected chi connectivity index (χ2v) is 12.4. The summed E-state index contributed by atoms with van der Waals surface area (Å²) in [4.78, 5) is 76.8. The summed E-state index contributed by atoms with van der Waals surface area (Å²) < 4.78 is 34.5. The molecule has 2 amide bonds. The normalized spacial score (nSPS) is 20.5. The van der Waals surface area contributed by atoms with Gasteiger partial charge in [-0.15, -0.1) is 0 Å². The average Bonchev–Trinajstić information content (AvgIpc) is 3.12. The van der Waals surface area contributed by atoms with E-state index in [9.17, 15) is 28.8 Å². The lowest BCUT2D eigenvalue weighted by atomic mass is 9.87. The van der Waals surface area contributed by atoms with Crippen LogP contribution in [0.25, 0.3) is 11.1 Å². The van der Waals surface area contributed by atoms with Gasteiger partial charge in [-0.3, -0.25) is 24.0 Å². The van der Waals surface area contributed by atoms with Crippen molar-refractivity contribution in [1.82, 2.24) is 10.6 Å². The van der Waals surface area contributed by atoms with E-state index >= 15 is 0 Å². The number of esters is 4. The quantitative estimate of drug-likeness (QED) is 0.172. The maximum Gasteiger partial charge on any atom is 0.366 e. The van der Waals surface area contributed by atoms with Gasteiger partial charge >= 0.3 is 23.9 Å². The molecule has 1 fully saturated rings. The minimum atomic E-state index is -2.28. The summed E-state index contributed by atoms with van der Waals surface area (Å²) >= 11 is 0. The van der Waals surface area contributed by atoms with Crippen molar-refractivity contribution in [1.29, 1.82) is 0 Å². The number of ether oxygens (including phenoxy) is 6. The van der Waals surface area contributed by atoms with E-state index in [1.807, 2.05) is 54.6 Å². The number of benzene rings is 3. The van der Waals surface area contributed by atoms with Gasteiger partial charge in [0, 0.05) is 27.7 Å². The van der Waals surface area contributed by atoms with Crippen molar-refractivity contribution in [2.45, 2.75) is 83.4 Å². The Bertz CT molecular complexity index is 1730. The van der Waals surface area contributed by atoms with Crippen molar-refractivity contribution in [3.63, 3.8) is 0 Å². The zero-order valence-corrected chi connectivity index (χ0v) is 30.2. The van der Waals surface area contributed by atoms with Gasteiger partial charge in [-0.2, -0.15) is 0 Å². The molecule has 14 heteroatoms. The van der Waals surface area contributed by atoms with Crippen molar-refractivity contribution in [2.24, 2.45) is 0 Å². The second-order valence-electron chi connectivity index (χ2n) is 12.4. The van der Waals surface area contributed by atoms with Crippen molar-refractivity contribution < 1.29 is 57.2 Å². The highest BCUT2D eigenvalue weighted by molar-refractivity contribution is 5.80. The van der Waals surface area contributed by atoms with Crippen molar-refractivity contribution in [3.8, 4) is 11.1 Å². The lowest BCUT2D eigenvalue weighted by Crippen LogP contribution is -2.69. The molecule has 0 radical (unpaired) electrons. The summed E-state index contributed by atoms with van der Waals surface area (Å²) in [5, 5.41) is 5.38. The molecule has 3 aromatic carbocycles. The maximum absolute atomic E-state index is 13.5. The Kier molecular flexibility index (Phi) is 14.2. The lowest BCUT2D eigenvalue weighted by molar-refractivity contribution is -0.317. The number of carbonyl (C=O) groups excluding carboxylic acids is 6. The molecule has 1 saturated heterocycles. The van der Waals surface area contributed by atoms with E-state index in [0.717, 1.165) is 39.0 Å². The maximum atomic E-state index is 13.5. The number of hydrogen-bond acceptors (Lipinski definition) is 12. The van der Waals surface area contributed by atoms with E-state index in [1.54, 1.807) is 30.3 Å². The summed E-state index contributed by atoms with van der Waals surface area (Å²) in [6, 6.07) is 24.7. The monoisotopic (exact) mass is 732 g/mol. The molecule has 2 N–H and O–H groups in total. The van der Waals surface area contributed by atoms with Gasteiger partial charge in [0.15, 0.2) is 12.2 Å². The van der Waals surface area contributed by atoms with Crippen LogP contribution in [0.4, 0.5) is 0 Å². The first-order valence-corrected chi connectivity index (χ1v) is 16.9. The minimum Gasteiger partial charge on any atom is -0.465 e. The molecule has 3 aromatic rings. The van der Waals surface area contributed by atoms with Crippen LogP contribution in [0.1, 0.15) is 45.2 Å². The zero-order chi connectivity index (χ0) is 38.5.